The zero-order valence-electron chi connectivity index (χ0n) is 18.1. The fourth-order valence-electron chi connectivity index (χ4n) is 3.11. The van der Waals surface area contributed by atoms with Gasteiger partial charge in [-0.1, -0.05) is 24.3 Å². The highest BCUT2D eigenvalue weighted by Crippen LogP contribution is 2.24. The summed E-state index contributed by atoms with van der Waals surface area (Å²) >= 11 is 0. The molecule has 0 aliphatic heterocycles. The number of hydrogen-bond acceptors (Lipinski definition) is 4. The summed E-state index contributed by atoms with van der Waals surface area (Å²) in [5, 5.41) is 8.49. The SMILES string of the molecule is Cc1ccc(C)c(Oc2ccc(CNC(=O)c3cccc(NC(=O)NC4CC4)c3)cn2)c1. The standard InChI is InChI=1S/C25H26N4O3/c1-16-6-7-17(2)22(12-16)32-23-11-8-18(14-26-23)15-27-24(30)19-4-3-5-21(13-19)29-25(31)28-20-9-10-20/h3-8,11-14,20H,9-10,15H2,1-2H3,(H,27,30)(H2,28,29,31). The molecule has 0 radical (unpaired) electrons. The number of hydrogen-bond donors (Lipinski definition) is 3. The lowest BCUT2D eigenvalue weighted by atomic mass is 10.1. The Balaban J connectivity index is 1.31. The van der Waals surface area contributed by atoms with Crippen molar-refractivity contribution >= 4 is 17.6 Å². The molecule has 0 unspecified atom stereocenters. The van der Waals surface area contributed by atoms with E-state index in [1.165, 1.54) is 0 Å². The summed E-state index contributed by atoms with van der Waals surface area (Å²) in [6, 6.07) is 16.6. The van der Waals surface area contributed by atoms with Crippen molar-refractivity contribution in [3.8, 4) is 11.6 Å². The van der Waals surface area contributed by atoms with E-state index in [4.69, 9.17) is 4.74 Å². The molecule has 7 heteroatoms. The molecular weight excluding hydrogens is 404 g/mol. The third-order valence-electron chi connectivity index (χ3n) is 5.10. The number of urea groups is 1. The topological polar surface area (TPSA) is 92.4 Å². The molecule has 0 spiro atoms. The number of nitrogens with zero attached hydrogens (tertiary/aromatic N) is 1. The Hall–Kier alpha value is -3.87. The average molecular weight is 431 g/mol. The molecule has 4 rings (SSSR count). The van der Waals surface area contributed by atoms with Crippen LogP contribution >= 0.6 is 0 Å². The van der Waals surface area contributed by atoms with Gasteiger partial charge in [0.25, 0.3) is 5.91 Å². The molecule has 0 saturated heterocycles. The van der Waals surface area contributed by atoms with Crippen molar-refractivity contribution in [2.24, 2.45) is 0 Å². The Bertz CT molecular complexity index is 1120. The number of carbonyl (C=O) groups is 2. The zero-order valence-corrected chi connectivity index (χ0v) is 18.1. The quantitative estimate of drug-likeness (QED) is 0.506. The molecule has 1 heterocycles. The molecule has 0 bridgehead atoms. The summed E-state index contributed by atoms with van der Waals surface area (Å²) in [6.07, 6.45) is 3.72. The lowest BCUT2D eigenvalue weighted by Gasteiger charge is -2.10. The highest BCUT2D eigenvalue weighted by molar-refractivity contribution is 5.96. The lowest BCUT2D eigenvalue weighted by Crippen LogP contribution is -2.30. The van der Waals surface area contributed by atoms with E-state index in [0.29, 0.717) is 23.7 Å². The second kappa shape index (κ2) is 9.51. The fraction of sp³-hybridized carbons (Fsp3) is 0.240. The lowest BCUT2D eigenvalue weighted by molar-refractivity contribution is 0.0951. The number of benzene rings is 2. The Kier molecular flexibility index (Phi) is 6.35. The minimum atomic E-state index is -0.251. The van der Waals surface area contributed by atoms with Gasteiger partial charge in [-0.2, -0.15) is 0 Å². The van der Waals surface area contributed by atoms with Crippen LogP contribution in [-0.4, -0.2) is 23.0 Å². The smallest absolute Gasteiger partial charge is 0.319 e. The Morgan fingerprint density at radius 3 is 2.66 bits per heavy atom. The van der Waals surface area contributed by atoms with Crippen molar-refractivity contribution in [3.05, 3.63) is 83.0 Å². The van der Waals surface area contributed by atoms with Gasteiger partial charge in [0, 0.05) is 36.1 Å². The van der Waals surface area contributed by atoms with E-state index in [1.807, 2.05) is 38.1 Å². The van der Waals surface area contributed by atoms with Crippen LogP contribution in [0.2, 0.25) is 0 Å². The Morgan fingerprint density at radius 2 is 1.91 bits per heavy atom. The number of ether oxygens (including phenoxy) is 1. The third-order valence-corrected chi connectivity index (χ3v) is 5.10. The summed E-state index contributed by atoms with van der Waals surface area (Å²) in [5.41, 5.74) is 4.05. The van der Waals surface area contributed by atoms with Gasteiger partial charge in [-0.3, -0.25) is 4.79 Å². The average Bonchev–Trinajstić information content (AvgIpc) is 3.59. The van der Waals surface area contributed by atoms with Crippen LogP contribution < -0.4 is 20.7 Å². The van der Waals surface area contributed by atoms with Gasteiger partial charge in [0.1, 0.15) is 5.75 Å². The van der Waals surface area contributed by atoms with Crippen LogP contribution in [0.4, 0.5) is 10.5 Å². The van der Waals surface area contributed by atoms with E-state index in [9.17, 15) is 9.59 Å². The van der Waals surface area contributed by atoms with Crippen LogP contribution in [0.15, 0.2) is 60.8 Å². The Labute approximate surface area is 187 Å². The molecule has 1 saturated carbocycles. The monoisotopic (exact) mass is 430 g/mol. The number of carbonyl (C=O) groups excluding carboxylic acids is 2. The van der Waals surface area contributed by atoms with Crippen molar-refractivity contribution < 1.29 is 14.3 Å². The van der Waals surface area contributed by atoms with Gasteiger partial charge >= 0.3 is 6.03 Å². The summed E-state index contributed by atoms with van der Waals surface area (Å²) in [4.78, 5) is 28.8. The molecule has 1 aromatic heterocycles. The predicted molar refractivity (Wildman–Crippen MR) is 123 cm³/mol. The maximum absolute atomic E-state index is 12.5. The maximum atomic E-state index is 12.5. The fourth-order valence-corrected chi connectivity index (χ4v) is 3.11. The second-order valence-corrected chi connectivity index (χ2v) is 8.01. The third kappa shape index (κ3) is 5.85. The first-order valence-corrected chi connectivity index (χ1v) is 10.6. The molecule has 3 N–H and O–H groups in total. The first-order valence-electron chi connectivity index (χ1n) is 10.6. The van der Waals surface area contributed by atoms with Gasteiger partial charge in [0.05, 0.1) is 0 Å². The summed E-state index contributed by atoms with van der Waals surface area (Å²) < 4.78 is 5.87. The van der Waals surface area contributed by atoms with Gasteiger partial charge in [-0.05, 0) is 67.6 Å². The van der Waals surface area contributed by atoms with E-state index < -0.39 is 0 Å². The first-order chi connectivity index (χ1) is 15.5. The molecule has 32 heavy (non-hydrogen) atoms. The molecule has 164 valence electrons. The van der Waals surface area contributed by atoms with Gasteiger partial charge in [0.15, 0.2) is 0 Å². The van der Waals surface area contributed by atoms with Gasteiger partial charge in [-0.25, -0.2) is 9.78 Å². The highest BCUT2D eigenvalue weighted by atomic mass is 16.5. The number of aryl methyl sites for hydroxylation is 2. The Morgan fingerprint density at radius 1 is 1.06 bits per heavy atom. The number of anilines is 1. The van der Waals surface area contributed by atoms with E-state index in [-0.39, 0.29) is 18.0 Å². The van der Waals surface area contributed by atoms with Crippen LogP contribution in [0.25, 0.3) is 0 Å². The molecule has 3 amide bonds. The molecule has 0 atom stereocenters. The van der Waals surface area contributed by atoms with Gasteiger partial charge in [0.2, 0.25) is 5.88 Å². The summed E-state index contributed by atoms with van der Waals surface area (Å²) in [5.74, 6) is 1.04. The molecule has 1 aliphatic carbocycles. The minimum absolute atomic E-state index is 0.230. The molecular formula is C25H26N4O3. The highest BCUT2D eigenvalue weighted by Gasteiger charge is 2.23. The van der Waals surface area contributed by atoms with E-state index in [2.05, 4.69) is 20.9 Å². The van der Waals surface area contributed by atoms with Crippen molar-refractivity contribution in [1.82, 2.24) is 15.6 Å². The van der Waals surface area contributed by atoms with Crippen molar-refractivity contribution in [2.45, 2.75) is 39.3 Å². The van der Waals surface area contributed by atoms with Crippen molar-refractivity contribution in [3.63, 3.8) is 0 Å². The predicted octanol–water partition coefficient (Wildman–Crippen LogP) is 4.70. The summed E-state index contributed by atoms with van der Waals surface area (Å²) in [7, 11) is 0. The number of amides is 3. The molecule has 1 aliphatic rings. The van der Waals surface area contributed by atoms with E-state index in [1.54, 1.807) is 36.5 Å². The van der Waals surface area contributed by atoms with Crippen LogP contribution in [0.1, 0.15) is 39.9 Å². The zero-order chi connectivity index (χ0) is 22.5. The van der Waals surface area contributed by atoms with E-state index >= 15 is 0 Å². The minimum Gasteiger partial charge on any atom is -0.439 e. The molecule has 3 aromatic rings. The normalized spacial score (nSPS) is 12.7. The van der Waals surface area contributed by atoms with Crippen LogP contribution in [0.3, 0.4) is 0 Å². The number of nitrogens with one attached hydrogen (secondary N) is 3. The maximum Gasteiger partial charge on any atom is 0.319 e. The largest absolute Gasteiger partial charge is 0.439 e. The van der Waals surface area contributed by atoms with Crippen LogP contribution in [0.5, 0.6) is 11.6 Å². The van der Waals surface area contributed by atoms with Crippen LogP contribution in [-0.2, 0) is 6.54 Å². The number of aromatic nitrogens is 1. The number of rotatable bonds is 7. The molecule has 2 aromatic carbocycles. The van der Waals surface area contributed by atoms with Crippen molar-refractivity contribution in [2.75, 3.05) is 5.32 Å². The molecule has 1 fully saturated rings. The van der Waals surface area contributed by atoms with Gasteiger partial charge in [-0.15, -0.1) is 0 Å². The van der Waals surface area contributed by atoms with Gasteiger partial charge < -0.3 is 20.7 Å². The molecule has 7 nitrogen and oxygen atoms in total. The number of pyridine rings is 1. The first kappa shape index (κ1) is 21.4. The second-order valence-electron chi connectivity index (χ2n) is 8.01. The van der Waals surface area contributed by atoms with Crippen LogP contribution in [0, 0.1) is 13.8 Å². The van der Waals surface area contributed by atoms with E-state index in [0.717, 1.165) is 35.3 Å². The summed E-state index contributed by atoms with van der Waals surface area (Å²) in [6.45, 7) is 4.33. The van der Waals surface area contributed by atoms with Crippen molar-refractivity contribution in [1.29, 1.82) is 0 Å².